The van der Waals surface area contributed by atoms with Gasteiger partial charge in [0.15, 0.2) is 0 Å². The molecule has 0 unspecified atom stereocenters. The van der Waals surface area contributed by atoms with Crippen LogP contribution < -0.4 is 0 Å². The Labute approximate surface area is 170 Å². The van der Waals surface area contributed by atoms with E-state index in [2.05, 4.69) is 26.1 Å². The van der Waals surface area contributed by atoms with Crippen LogP contribution in [0.15, 0.2) is 12.3 Å². The highest BCUT2D eigenvalue weighted by Crippen LogP contribution is 2.14. The van der Waals surface area contributed by atoms with Crippen molar-refractivity contribution in [3.63, 3.8) is 0 Å². The lowest BCUT2D eigenvalue weighted by atomic mass is 10.0. The summed E-state index contributed by atoms with van der Waals surface area (Å²) in [6.07, 6.45) is 25.2. The van der Waals surface area contributed by atoms with Crippen LogP contribution in [-0.2, 0) is 0 Å². The van der Waals surface area contributed by atoms with Gasteiger partial charge in [-0.2, -0.15) is 0 Å². The smallest absolute Gasteiger partial charge is 0.106 e. The zero-order chi connectivity index (χ0) is 20.1. The van der Waals surface area contributed by atoms with Crippen molar-refractivity contribution in [2.24, 2.45) is 0 Å². The van der Waals surface area contributed by atoms with E-state index in [4.69, 9.17) is 0 Å². The van der Waals surface area contributed by atoms with Crippen LogP contribution in [0.2, 0.25) is 0 Å². The Morgan fingerprint density at radius 3 is 1.37 bits per heavy atom. The molecule has 0 saturated heterocycles. The average molecular weight is 385 g/mol. The highest BCUT2D eigenvalue weighted by molar-refractivity contribution is 4.75. The number of aliphatic hydroxyl groups is 2. The summed E-state index contributed by atoms with van der Waals surface area (Å²) in [5, 5.41) is 18.5. The largest absolute Gasteiger partial charge is 0.390 e. The van der Waals surface area contributed by atoms with Crippen molar-refractivity contribution in [3.05, 3.63) is 12.3 Å². The van der Waals surface area contributed by atoms with Crippen molar-refractivity contribution in [1.82, 2.24) is 0 Å². The van der Waals surface area contributed by atoms with Gasteiger partial charge in [-0.15, -0.1) is 0 Å². The fourth-order valence-electron chi connectivity index (χ4n) is 3.84. The minimum Gasteiger partial charge on any atom is -0.390 e. The summed E-state index contributed by atoms with van der Waals surface area (Å²) in [4.78, 5) is 0. The Balaban J connectivity index is 3.48. The maximum absolute atomic E-state index is 9.26. The summed E-state index contributed by atoms with van der Waals surface area (Å²) in [6, 6.07) is 0. The fourth-order valence-corrected chi connectivity index (χ4v) is 3.84. The van der Waals surface area contributed by atoms with Crippen LogP contribution in [0, 0.1) is 0 Å². The molecule has 3 nitrogen and oxygen atoms in total. The van der Waals surface area contributed by atoms with Gasteiger partial charge in [0.25, 0.3) is 0 Å². The lowest BCUT2D eigenvalue weighted by Crippen LogP contribution is -2.46. The Hall–Kier alpha value is -0.380. The molecule has 27 heavy (non-hydrogen) atoms. The van der Waals surface area contributed by atoms with Gasteiger partial charge in [-0.3, -0.25) is 4.48 Å². The molecule has 0 aromatic rings. The summed E-state index contributed by atoms with van der Waals surface area (Å²) < 4.78 is 0.700. The van der Waals surface area contributed by atoms with Crippen molar-refractivity contribution in [3.8, 4) is 0 Å². The number of unbranched alkanes of at least 4 members (excludes halogenated alkanes) is 14. The summed E-state index contributed by atoms with van der Waals surface area (Å²) in [5.41, 5.74) is 0. The maximum Gasteiger partial charge on any atom is 0.106 e. The lowest BCUT2D eigenvalue weighted by molar-refractivity contribution is -0.878. The molecule has 0 fully saturated rings. The number of aliphatic hydroxyl groups excluding tert-OH is 2. The van der Waals surface area contributed by atoms with Crippen molar-refractivity contribution in [2.45, 2.75) is 110 Å². The third-order valence-corrected chi connectivity index (χ3v) is 5.87. The number of allylic oxidation sites excluding steroid dienone is 1. The molecule has 0 aromatic carbocycles. The van der Waals surface area contributed by atoms with Gasteiger partial charge in [0.1, 0.15) is 13.1 Å². The van der Waals surface area contributed by atoms with E-state index >= 15 is 0 Å². The molecule has 0 aliphatic rings. The van der Waals surface area contributed by atoms with Gasteiger partial charge in [0.05, 0.1) is 26.0 Å². The van der Waals surface area contributed by atoms with E-state index < -0.39 is 0 Å². The first-order valence-corrected chi connectivity index (χ1v) is 12.0. The highest BCUT2D eigenvalue weighted by Gasteiger charge is 2.20. The predicted molar refractivity (Wildman–Crippen MR) is 119 cm³/mol. The van der Waals surface area contributed by atoms with Gasteiger partial charge in [-0.25, -0.2) is 0 Å². The van der Waals surface area contributed by atoms with Crippen molar-refractivity contribution in [1.29, 1.82) is 0 Å². The number of likely N-dealkylation sites (N-methyl/N-ethyl adjacent to an activating group) is 1. The zero-order valence-corrected chi connectivity index (χ0v) is 18.6. The van der Waals surface area contributed by atoms with Gasteiger partial charge in [0, 0.05) is 0 Å². The maximum atomic E-state index is 9.26. The van der Waals surface area contributed by atoms with Crippen LogP contribution in [0.25, 0.3) is 0 Å². The molecule has 0 aliphatic heterocycles. The van der Waals surface area contributed by atoms with E-state index in [0.717, 1.165) is 13.0 Å². The first-order valence-electron chi connectivity index (χ1n) is 12.0. The van der Waals surface area contributed by atoms with Gasteiger partial charge < -0.3 is 10.2 Å². The fraction of sp³-hybridized carbons (Fsp3) is 0.917. The van der Waals surface area contributed by atoms with E-state index in [1.165, 1.54) is 89.9 Å². The third-order valence-electron chi connectivity index (χ3n) is 5.87. The normalized spacial score (nSPS) is 12.3. The van der Waals surface area contributed by atoms with E-state index in [9.17, 15) is 10.2 Å². The van der Waals surface area contributed by atoms with Crippen molar-refractivity contribution >= 4 is 0 Å². The van der Waals surface area contributed by atoms with Gasteiger partial charge >= 0.3 is 0 Å². The molecule has 0 bridgehead atoms. The van der Waals surface area contributed by atoms with Crippen LogP contribution in [0.5, 0.6) is 0 Å². The quantitative estimate of drug-likeness (QED) is 0.183. The number of hydrogen-bond donors (Lipinski definition) is 2. The zero-order valence-electron chi connectivity index (χ0n) is 18.6. The Morgan fingerprint density at radius 1 is 0.593 bits per heavy atom. The second-order valence-electron chi connectivity index (χ2n) is 8.20. The molecule has 2 N–H and O–H groups in total. The predicted octanol–water partition coefficient (Wildman–Crippen LogP) is 6.19. The van der Waals surface area contributed by atoms with Crippen molar-refractivity contribution in [2.75, 3.05) is 32.8 Å². The minimum absolute atomic E-state index is 0.178. The second kappa shape index (κ2) is 20.4. The molecule has 0 saturated carbocycles. The average Bonchev–Trinajstić information content (AvgIpc) is 2.68. The first kappa shape index (κ1) is 26.6. The number of rotatable bonds is 21. The minimum atomic E-state index is 0.178. The summed E-state index contributed by atoms with van der Waals surface area (Å²) in [7, 11) is 0. The van der Waals surface area contributed by atoms with Crippen LogP contribution in [-0.4, -0.2) is 47.5 Å². The Bertz CT molecular complexity index is 312. The van der Waals surface area contributed by atoms with E-state index in [-0.39, 0.29) is 13.2 Å². The van der Waals surface area contributed by atoms with E-state index in [1.807, 2.05) is 0 Å². The van der Waals surface area contributed by atoms with E-state index in [0.29, 0.717) is 17.6 Å². The van der Waals surface area contributed by atoms with Gasteiger partial charge in [-0.1, -0.05) is 90.4 Å². The summed E-state index contributed by atoms with van der Waals surface area (Å²) >= 11 is 0. The van der Waals surface area contributed by atoms with Crippen LogP contribution in [0.3, 0.4) is 0 Å². The van der Waals surface area contributed by atoms with Crippen LogP contribution in [0.4, 0.5) is 0 Å². The van der Waals surface area contributed by atoms with Crippen molar-refractivity contribution < 1.29 is 14.7 Å². The number of quaternary nitrogens is 1. The molecule has 0 heterocycles. The Kier molecular flexibility index (Phi) is 20.1. The molecule has 0 aliphatic carbocycles. The van der Waals surface area contributed by atoms with E-state index in [1.54, 1.807) is 0 Å². The molecule has 0 spiro atoms. The molecular formula is C24H50NO2+. The Morgan fingerprint density at radius 2 is 1.00 bits per heavy atom. The third kappa shape index (κ3) is 16.3. The molecule has 0 rings (SSSR count). The molecule has 0 aromatic heterocycles. The monoisotopic (exact) mass is 384 g/mol. The summed E-state index contributed by atoms with van der Waals surface area (Å²) in [6.45, 7) is 7.09. The standard InChI is InChI=1S/C24H50NO2/c1-3-5-6-7-8-9-10-11-12-13-14-15-16-17-18-19-20-25(4-2,21-23-26)22-24-27/h19-20,26-27H,3-18,21-24H2,1-2H3/q+1. The molecule has 3 heteroatoms. The molecule has 0 radical (unpaired) electrons. The van der Waals surface area contributed by atoms with Gasteiger partial charge in [0.2, 0.25) is 0 Å². The second-order valence-corrected chi connectivity index (χ2v) is 8.20. The number of hydrogen-bond acceptors (Lipinski definition) is 2. The SMILES string of the molecule is CCCCCCCCCCCCCCCCC=C[N+](CC)(CCO)CCO. The molecule has 162 valence electrons. The molecule has 0 amide bonds. The lowest BCUT2D eigenvalue weighted by Gasteiger charge is -2.32. The van der Waals surface area contributed by atoms with Crippen LogP contribution >= 0.6 is 0 Å². The summed E-state index contributed by atoms with van der Waals surface area (Å²) in [5.74, 6) is 0. The molecular weight excluding hydrogens is 334 g/mol. The van der Waals surface area contributed by atoms with Gasteiger partial charge in [-0.05, 0) is 25.8 Å². The highest BCUT2D eigenvalue weighted by atomic mass is 16.3. The number of nitrogens with zero attached hydrogens (tertiary/aromatic N) is 1. The topological polar surface area (TPSA) is 40.5 Å². The first-order chi connectivity index (χ1) is 13.2. The molecule has 0 atom stereocenters. The van der Waals surface area contributed by atoms with Crippen LogP contribution in [0.1, 0.15) is 110 Å².